The summed E-state index contributed by atoms with van der Waals surface area (Å²) in [5.41, 5.74) is 14.1. The lowest BCUT2D eigenvalue weighted by atomic mass is 10.2. The number of hydrogen-bond donors (Lipinski definition) is 2. The molecule has 4 nitrogen and oxygen atoms in total. The highest BCUT2D eigenvalue weighted by Crippen LogP contribution is 2.24. The van der Waals surface area contributed by atoms with Crippen LogP contribution < -0.4 is 16.4 Å². The number of hydrogen-bond acceptors (Lipinski definition) is 4. The monoisotopic (exact) mass is 214 g/mol. The van der Waals surface area contributed by atoms with Gasteiger partial charge in [0.05, 0.1) is 0 Å². The van der Waals surface area contributed by atoms with E-state index in [1.807, 2.05) is 48.3 Å². The highest BCUT2D eigenvalue weighted by atomic mass is 15.1. The molecule has 0 spiro atoms. The van der Waals surface area contributed by atoms with Crippen molar-refractivity contribution in [2.45, 2.75) is 0 Å². The van der Waals surface area contributed by atoms with Gasteiger partial charge in [-0.25, -0.2) is 4.98 Å². The Morgan fingerprint density at radius 1 is 1.00 bits per heavy atom. The minimum absolute atomic E-state index is 0.514. The van der Waals surface area contributed by atoms with Crippen LogP contribution in [0, 0.1) is 0 Å². The average Bonchev–Trinajstić information content (AvgIpc) is 2.29. The average molecular weight is 214 g/mol. The molecule has 0 atom stereocenters. The standard InChI is InChI=1S/C12H14N4/c1-16(10-4-2-9(13)3-5-10)11-6-7-15-12(14)8-11/h2-8H,13H2,1H3,(H2,14,15). The first-order valence-electron chi connectivity index (χ1n) is 4.97. The minimum atomic E-state index is 0.514. The predicted molar refractivity (Wildman–Crippen MR) is 67.6 cm³/mol. The highest BCUT2D eigenvalue weighted by Gasteiger charge is 2.03. The normalized spacial score (nSPS) is 10.1. The van der Waals surface area contributed by atoms with Crippen molar-refractivity contribution < 1.29 is 0 Å². The van der Waals surface area contributed by atoms with Gasteiger partial charge in [-0.05, 0) is 30.3 Å². The number of pyridine rings is 1. The number of benzene rings is 1. The lowest BCUT2D eigenvalue weighted by Crippen LogP contribution is -2.09. The van der Waals surface area contributed by atoms with Crippen LogP contribution in [0.15, 0.2) is 42.6 Å². The van der Waals surface area contributed by atoms with Gasteiger partial charge < -0.3 is 16.4 Å². The summed E-state index contributed by atoms with van der Waals surface area (Å²) in [4.78, 5) is 5.99. The summed E-state index contributed by atoms with van der Waals surface area (Å²) in [5, 5.41) is 0. The Balaban J connectivity index is 2.31. The third-order valence-electron chi connectivity index (χ3n) is 2.43. The number of nitrogens with zero attached hydrogens (tertiary/aromatic N) is 2. The maximum absolute atomic E-state index is 5.64. The summed E-state index contributed by atoms with van der Waals surface area (Å²) in [5.74, 6) is 0.514. The van der Waals surface area contributed by atoms with Crippen molar-refractivity contribution in [3.63, 3.8) is 0 Å². The van der Waals surface area contributed by atoms with Crippen LogP contribution >= 0.6 is 0 Å². The van der Waals surface area contributed by atoms with Gasteiger partial charge in [0, 0.05) is 36.4 Å². The van der Waals surface area contributed by atoms with E-state index >= 15 is 0 Å². The second kappa shape index (κ2) is 4.10. The van der Waals surface area contributed by atoms with Crippen molar-refractivity contribution in [3.05, 3.63) is 42.6 Å². The quantitative estimate of drug-likeness (QED) is 0.750. The van der Waals surface area contributed by atoms with E-state index in [4.69, 9.17) is 11.5 Å². The van der Waals surface area contributed by atoms with Crippen molar-refractivity contribution in [2.24, 2.45) is 0 Å². The molecule has 0 radical (unpaired) electrons. The molecule has 2 aromatic rings. The van der Waals surface area contributed by atoms with Gasteiger partial charge in [0.2, 0.25) is 0 Å². The summed E-state index contributed by atoms with van der Waals surface area (Å²) < 4.78 is 0. The first kappa shape index (κ1) is 10.3. The zero-order valence-electron chi connectivity index (χ0n) is 9.09. The molecule has 0 bridgehead atoms. The van der Waals surface area contributed by atoms with Crippen LogP contribution in [-0.2, 0) is 0 Å². The van der Waals surface area contributed by atoms with E-state index in [0.717, 1.165) is 17.1 Å². The van der Waals surface area contributed by atoms with Gasteiger partial charge >= 0.3 is 0 Å². The van der Waals surface area contributed by atoms with Crippen molar-refractivity contribution in [1.29, 1.82) is 0 Å². The third-order valence-corrected chi connectivity index (χ3v) is 2.43. The largest absolute Gasteiger partial charge is 0.399 e. The Morgan fingerprint density at radius 3 is 2.31 bits per heavy atom. The second-order valence-corrected chi connectivity index (χ2v) is 3.59. The van der Waals surface area contributed by atoms with Crippen molar-refractivity contribution in [1.82, 2.24) is 4.98 Å². The highest BCUT2D eigenvalue weighted by molar-refractivity contribution is 5.65. The number of nitrogens with two attached hydrogens (primary N) is 2. The smallest absolute Gasteiger partial charge is 0.125 e. The van der Waals surface area contributed by atoms with E-state index in [-0.39, 0.29) is 0 Å². The van der Waals surface area contributed by atoms with Crippen LogP contribution in [0.1, 0.15) is 0 Å². The number of anilines is 4. The Morgan fingerprint density at radius 2 is 1.69 bits per heavy atom. The molecular weight excluding hydrogens is 200 g/mol. The topological polar surface area (TPSA) is 68.2 Å². The molecule has 0 unspecified atom stereocenters. The van der Waals surface area contributed by atoms with Crippen LogP contribution in [-0.4, -0.2) is 12.0 Å². The van der Waals surface area contributed by atoms with E-state index in [1.54, 1.807) is 6.20 Å². The van der Waals surface area contributed by atoms with Crippen LogP contribution in [0.2, 0.25) is 0 Å². The lowest BCUT2D eigenvalue weighted by molar-refractivity contribution is 1.19. The van der Waals surface area contributed by atoms with Crippen LogP contribution in [0.4, 0.5) is 22.9 Å². The molecule has 0 aliphatic heterocycles. The molecular formula is C12H14N4. The molecule has 2 rings (SSSR count). The fraction of sp³-hybridized carbons (Fsp3) is 0.0833. The SMILES string of the molecule is CN(c1ccc(N)cc1)c1ccnc(N)c1. The van der Waals surface area contributed by atoms with Gasteiger partial charge in [-0.1, -0.05) is 0 Å². The summed E-state index contributed by atoms with van der Waals surface area (Å²) in [6, 6.07) is 11.4. The number of aromatic nitrogens is 1. The maximum Gasteiger partial charge on any atom is 0.125 e. The summed E-state index contributed by atoms with van der Waals surface area (Å²) in [6.07, 6.45) is 1.69. The molecule has 0 saturated carbocycles. The van der Waals surface area contributed by atoms with Crippen molar-refractivity contribution >= 4 is 22.9 Å². The molecule has 0 fully saturated rings. The fourth-order valence-electron chi connectivity index (χ4n) is 1.49. The zero-order chi connectivity index (χ0) is 11.5. The van der Waals surface area contributed by atoms with Crippen LogP contribution in [0.5, 0.6) is 0 Å². The minimum Gasteiger partial charge on any atom is -0.399 e. The van der Waals surface area contributed by atoms with Gasteiger partial charge in [-0.15, -0.1) is 0 Å². The first-order valence-corrected chi connectivity index (χ1v) is 4.97. The second-order valence-electron chi connectivity index (χ2n) is 3.59. The third kappa shape index (κ3) is 2.06. The Bertz CT molecular complexity index is 479. The summed E-state index contributed by atoms with van der Waals surface area (Å²) >= 11 is 0. The van der Waals surface area contributed by atoms with Gasteiger partial charge in [0.25, 0.3) is 0 Å². The van der Waals surface area contributed by atoms with E-state index in [1.165, 1.54) is 0 Å². The predicted octanol–water partition coefficient (Wildman–Crippen LogP) is 2.01. The molecule has 1 aromatic heterocycles. The maximum atomic E-state index is 5.64. The first-order chi connectivity index (χ1) is 7.66. The van der Waals surface area contributed by atoms with Gasteiger partial charge in [-0.3, -0.25) is 0 Å². The molecule has 1 heterocycles. The molecule has 0 aliphatic carbocycles. The van der Waals surface area contributed by atoms with Crippen LogP contribution in [0.25, 0.3) is 0 Å². The lowest BCUT2D eigenvalue weighted by Gasteiger charge is -2.19. The summed E-state index contributed by atoms with van der Waals surface area (Å²) in [6.45, 7) is 0. The van der Waals surface area contributed by atoms with E-state index in [0.29, 0.717) is 5.82 Å². The molecule has 1 aromatic carbocycles. The molecule has 4 heteroatoms. The Hall–Kier alpha value is -2.23. The van der Waals surface area contributed by atoms with E-state index in [2.05, 4.69) is 4.98 Å². The summed E-state index contributed by atoms with van der Waals surface area (Å²) in [7, 11) is 1.97. The van der Waals surface area contributed by atoms with Crippen molar-refractivity contribution in [2.75, 3.05) is 23.4 Å². The zero-order valence-corrected chi connectivity index (χ0v) is 9.09. The van der Waals surface area contributed by atoms with Crippen LogP contribution in [0.3, 0.4) is 0 Å². The molecule has 16 heavy (non-hydrogen) atoms. The van der Waals surface area contributed by atoms with Crippen molar-refractivity contribution in [3.8, 4) is 0 Å². The van der Waals surface area contributed by atoms with Gasteiger partial charge in [-0.2, -0.15) is 0 Å². The molecule has 4 N–H and O–H groups in total. The van der Waals surface area contributed by atoms with Gasteiger partial charge in [0.1, 0.15) is 5.82 Å². The molecule has 0 amide bonds. The molecule has 0 aliphatic rings. The van der Waals surface area contributed by atoms with Gasteiger partial charge in [0.15, 0.2) is 0 Å². The number of nitrogen functional groups attached to an aromatic ring is 2. The molecule has 82 valence electrons. The Labute approximate surface area is 94.5 Å². The molecule has 0 saturated heterocycles. The number of rotatable bonds is 2. The van der Waals surface area contributed by atoms with E-state index < -0.39 is 0 Å². The Kier molecular flexibility index (Phi) is 2.64. The van der Waals surface area contributed by atoms with E-state index in [9.17, 15) is 0 Å². The fourth-order valence-corrected chi connectivity index (χ4v) is 1.49.